The van der Waals surface area contributed by atoms with Gasteiger partial charge in [0.1, 0.15) is 6.10 Å². The van der Waals surface area contributed by atoms with Crippen LogP contribution in [0.4, 0.5) is 0 Å². The topological polar surface area (TPSA) is 42.4 Å². The summed E-state index contributed by atoms with van der Waals surface area (Å²) in [4.78, 5) is 19.5. The molecule has 0 spiro atoms. The molecular formula is C22H25ClN2O2. The van der Waals surface area contributed by atoms with Gasteiger partial charge >= 0.3 is 0 Å². The fourth-order valence-electron chi connectivity index (χ4n) is 4.07. The van der Waals surface area contributed by atoms with Crippen LogP contribution in [0.5, 0.6) is 0 Å². The summed E-state index contributed by atoms with van der Waals surface area (Å²) in [6, 6.07) is 13.9. The monoisotopic (exact) mass is 384 g/mol. The molecule has 1 aromatic heterocycles. The van der Waals surface area contributed by atoms with Gasteiger partial charge in [0, 0.05) is 29.6 Å². The lowest BCUT2D eigenvalue weighted by atomic mass is 10.0. The highest BCUT2D eigenvalue weighted by Crippen LogP contribution is 2.29. The van der Waals surface area contributed by atoms with E-state index in [1.54, 1.807) is 0 Å². The standard InChI is InChI=1S/C22H25ClN2O2/c23-19-10-4-3-8-17(19)14-18-9-5-11-20(24-18)21-15-25(12-13-27-21)22(26)16-6-1-2-7-16/h3-5,8-11,16,21H,1-2,6-7,12-15H2/t21-/m1/s1. The zero-order chi connectivity index (χ0) is 18.6. The summed E-state index contributed by atoms with van der Waals surface area (Å²) in [7, 11) is 0. The Morgan fingerprint density at radius 3 is 2.78 bits per heavy atom. The number of carbonyl (C=O) groups is 1. The summed E-state index contributed by atoms with van der Waals surface area (Å²) in [6.45, 7) is 1.85. The number of amides is 1. The van der Waals surface area contributed by atoms with E-state index in [0.717, 1.165) is 34.8 Å². The predicted molar refractivity (Wildman–Crippen MR) is 106 cm³/mol. The van der Waals surface area contributed by atoms with Gasteiger partial charge in [-0.25, -0.2) is 0 Å². The number of hydrogen-bond donors (Lipinski definition) is 0. The van der Waals surface area contributed by atoms with Crippen LogP contribution in [-0.4, -0.2) is 35.5 Å². The van der Waals surface area contributed by atoms with Crippen molar-refractivity contribution in [1.82, 2.24) is 9.88 Å². The van der Waals surface area contributed by atoms with Crippen molar-refractivity contribution in [3.05, 3.63) is 64.4 Å². The van der Waals surface area contributed by atoms with Crippen molar-refractivity contribution in [2.24, 2.45) is 5.92 Å². The lowest BCUT2D eigenvalue weighted by molar-refractivity contribution is -0.143. The van der Waals surface area contributed by atoms with Gasteiger partial charge in [-0.15, -0.1) is 0 Å². The molecule has 1 saturated carbocycles. The lowest BCUT2D eigenvalue weighted by Crippen LogP contribution is -2.44. The average Bonchev–Trinajstić information content (AvgIpc) is 3.24. The van der Waals surface area contributed by atoms with E-state index in [9.17, 15) is 4.79 Å². The van der Waals surface area contributed by atoms with Crippen molar-refractivity contribution in [1.29, 1.82) is 0 Å². The molecule has 1 amide bonds. The van der Waals surface area contributed by atoms with E-state index in [1.165, 1.54) is 12.8 Å². The molecule has 1 aromatic carbocycles. The molecular weight excluding hydrogens is 360 g/mol. The van der Waals surface area contributed by atoms with Crippen molar-refractivity contribution in [3.63, 3.8) is 0 Å². The zero-order valence-electron chi connectivity index (χ0n) is 15.4. The van der Waals surface area contributed by atoms with E-state index in [-0.39, 0.29) is 12.0 Å². The fourth-order valence-corrected chi connectivity index (χ4v) is 4.27. The first-order chi connectivity index (χ1) is 13.2. The smallest absolute Gasteiger partial charge is 0.225 e. The molecule has 0 bridgehead atoms. The van der Waals surface area contributed by atoms with Crippen LogP contribution in [0.25, 0.3) is 0 Å². The second-order valence-corrected chi connectivity index (χ2v) is 7.85. The molecule has 0 N–H and O–H groups in total. The molecule has 27 heavy (non-hydrogen) atoms. The van der Waals surface area contributed by atoms with Crippen LogP contribution >= 0.6 is 11.6 Å². The Morgan fingerprint density at radius 2 is 1.96 bits per heavy atom. The lowest BCUT2D eigenvalue weighted by Gasteiger charge is -2.34. The Kier molecular flexibility index (Phi) is 5.74. The van der Waals surface area contributed by atoms with Crippen molar-refractivity contribution in [2.45, 2.75) is 38.2 Å². The molecule has 2 aromatic rings. The molecule has 2 aliphatic rings. The van der Waals surface area contributed by atoms with Gasteiger partial charge in [0.05, 0.1) is 18.8 Å². The number of hydrogen-bond acceptors (Lipinski definition) is 3. The van der Waals surface area contributed by atoms with Crippen LogP contribution in [0.2, 0.25) is 5.02 Å². The minimum absolute atomic E-state index is 0.157. The molecule has 4 nitrogen and oxygen atoms in total. The summed E-state index contributed by atoms with van der Waals surface area (Å²) >= 11 is 6.28. The summed E-state index contributed by atoms with van der Waals surface area (Å²) in [6.07, 6.45) is 4.95. The number of aromatic nitrogens is 1. The minimum atomic E-state index is -0.157. The number of benzene rings is 1. The second-order valence-electron chi connectivity index (χ2n) is 7.45. The normalized spacial score (nSPS) is 20.8. The van der Waals surface area contributed by atoms with Gasteiger partial charge in [0.15, 0.2) is 0 Å². The molecule has 1 atom stereocenters. The fraction of sp³-hybridized carbons (Fsp3) is 0.455. The average molecular weight is 385 g/mol. The predicted octanol–water partition coefficient (Wildman–Crippen LogP) is 4.42. The summed E-state index contributed by atoms with van der Waals surface area (Å²) in [5.41, 5.74) is 2.92. The van der Waals surface area contributed by atoms with Gasteiger partial charge < -0.3 is 9.64 Å². The summed E-state index contributed by atoms with van der Waals surface area (Å²) in [5.74, 6) is 0.510. The third-order valence-electron chi connectivity index (χ3n) is 5.57. The molecule has 2 fully saturated rings. The van der Waals surface area contributed by atoms with Crippen LogP contribution in [0, 0.1) is 5.92 Å². The molecule has 1 aliphatic carbocycles. The van der Waals surface area contributed by atoms with Crippen LogP contribution in [0.1, 0.15) is 48.7 Å². The number of morpholine rings is 1. The molecule has 0 radical (unpaired) electrons. The van der Waals surface area contributed by atoms with E-state index < -0.39 is 0 Å². The molecule has 4 rings (SSSR count). The molecule has 0 unspecified atom stereocenters. The summed E-state index contributed by atoms with van der Waals surface area (Å²) in [5, 5.41) is 0.756. The number of ether oxygens (including phenoxy) is 1. The zero-order valence-corrected chi connectivity index (χ0v) is 16.2. The highest BCUT2D eigenvalue weighted by atomic mass is 35.5. The van der Waals surface area contributed by atoms with Crippen molar-refractivity contribution in [3.8, 4) is 0 Å². The van der Waals surface area contributed by atoms with Crippen LogP contribution in [0.3, 0.4) is 0 Å². The Labute approximate surface area is 165 Å². The van der Waals surface area contributed by atoms with Gasteiger partial charge in [-0.3, -0.25) is 9.78 Å². The molecule has 142 valence electrons. The SMILES string of the molecule is O=C(C1CCCC1)N1CCO[C@@H](c2cccc(Cc3ccccc3Cl)n2)C1. The van der Waals surface area contributed by atoms with Crippen molar-refractivity contribution >= 4 is 17.5 Å². The van der Waals surface area contributed by atoms with Crippen LogP contribution in [-0.2, 0) is 16.0 Å². The van der Waals surface area contributed by atoms with Gasteiger partial charge in [0.2, 0.25) is 5.91 Å². The first kappa shape index (κ1) is 18.5. The van der Waals surface area contributed by atoms with Crippen molar-refractivity contribution in [2.75, 3.05) is 19.7 Å². The molecule has 1 saturated heterocycles. The molecule has 1 aliphatic heterocycles. The number of carbonyl (C=O) groups excluding carboxylic acids is 1. The number of pyridine rings is 1. The van der Waals surface area contributed by atoms with E-state index in [1.807, 2.05) is 47.4 Å². The third-order valence-corrected chi connectivity index (χ3v) is 5.94. The first-order valence-corrected chi connectivity index (χ1v) is 10.2. The van der Waals surface area contributed by atoms with Gasteiger partial charge in [-0.05, 0) is 36.6 Å². The quantitative estimate of drug-likeness (QED) is 0.783. The maximum Gasteiger partial charge on any atom is 0.225 e. The maximum absolute atomic E-state index is 12.8. The minimum Gasteiger partial charge on any atom is -0.368 e. The molecule has 2 heterocycles. The van der Waals surface area contributed by atoms with Gasteiger partial charge in [-0.1, -0.05) is 48.7 Å². The van der Waals surface area contributed by atoms with E-state index >= 15 is 0 Å². The van der Waals surface area contributed by atoms with Crippen molar-refractivity contribution < 1.29 is 9.53 Å². The Bertz CT molecular complexity index is 804. The first-order valence-electron chi connectivity index (χ1n) is 9.80. The number of rotatable bonds is 4. The van der Waals surface area contributed by atoms with E-state index in [4.69, 9.17) is 21.3 Å². The van der Waals surface area contributed by atoms with Crippen LogP contribution in [0.15, 0.2) is 42.5 Å². The Morgan fingerprint density at radius 1 is 1.15 bits per heavy atom. The number of halogens is 1. The Hall–Kier alpha value is -1.91. The van der Waals surface area contributed by atoms with Gasteiger partial charge in [0.25, 0.3) is 0 Å². The van der Waals surface area contributed by atoms with Gasteiger partial charge in [-0.2, -0.15) is 0 Å². The number of nitrogens with zero attached hydrogens (tertiary/aromatic N) is 2. The van der Waals surface area contributed by atoms with E-state index in [0.29, 0.717) is 32.0 Å². The largest absolute Gasteiger partial charge is 0.368 e. The van der Waals surface area contributed by atoms with Crippen LogP contribution < -0.4 is 0 Å². The summed E-state index contributed by atoms with van der Waals surface area (Å²) < 4.78 is 5.95. The maximum atomic E-state index is 12.8. The highest BCUT2D eigenvalue weighted by molar-refractivity contribution is 6.31. The molecule has 5 heteroatoms. The Balaban J connectivity index is 1.46. The highest BCUT2D eigenvalue weighted by Gasteiger charge is 2.31. The van der Waals surface area contributed by atoms with E-state index in [2.05, 4.69) is 0 Å². The third kappa shape index (κ3) is 4.33. The second kappa shape index (κ2) is 8.41.